The van der Waals surface area contributed by atoms with E-state index in [1.54, 1.807) is 24.1 Å². The van der Waals surface area contributed by atoms with Crippen LogP contribution in [0.5, 0.6) is 5.75 Å². The number of rotatable bonds is 5. The van der Waals surface area contributed by atoms with Crippen molar-refractivity contribution in [1.82, 2.24) is 15.1 Å². The van der Waals surface area contributed by atoms with Crippen LogP contribution in [0.25, 0.3) is 11.3 Å². The number of hydrogen-bond donors (Lipinski definition) is 2. The Labute approximate surface area is 160 Å². The number of aromatic nitrogens is 2. The molecule has 0 radical (unpaired) electrons. The van der Waals surface area contributed by atoms with Gasteiger partial charge in [0.25, 0.3) is 0 Å². The van der Waals surface area contributed by atoms with Gasteiger partial charge in [0.1, 0.15) is 5.75 Å². The maximum absolute atomic E-state index is 12.2. The number of carbonyl (C=O) groups is 1. The van der Waals surface area contributed by atoms with Crippen molar-refractivity contribution in [1.29, 1.82) is 0 Å². The summed E-state index contributed by atoms with van der Waals surface area (Å²) in [5.41, 5.74) is 3.41. The van der Waals surface area contributed by atoms with E-state index in [1.807, 2.05) is 49.5 Å². The Morgan fingerprint density at radius 1 is 1.23 bits per heavy atom. The molecule has 0 saturated carbocycles. The first kappa shape index (κ1) is 18.0. The van der Waals surface area contributed by atoms with Gasteiger partial charge in [-0.2, -0.15) is 5.10 Å². The smallest absolute Gasteiger partial charge is 0.319 e. The third-order valence-corrected chi connectivity index (χ3v) is 4.48. The molecule has 0 saturated heterocycles. The summed E-state index contributed by atoms with van der Waals surface area (Å²) in [5, 5.41) is 9.94. The Balaban J connectivity index is 1.76. The molecule has 2 amide bonds. The molecule has 0 bridgehead atoms. The van der Waals surface area contributed by atoms with Gasteiger partial charge in [0.05, 0.1) is 23.5 Å². The van der Waals surface area contributed by atoms with E-state index in [1.165, 1.54) is 0 Å². The Kier molecular flexibility index (Phi) is 5.58. The summed E-state index contributed by atoms with van der Waals surface area (Å²) < 4.78 is 8.06. The first-order valence-corrected chi connectivity index (χ1v) is 8.82. The van der Waals surface area contributed by atoms with Crippen LogP contribution in [0.4, 0.5) is 10.5 Å². The van der Waals surface area contributed by atoms with Gasteiger partial charge in [-0.3, -0.25) is 4.68 Å². The third kappa shape index (κ3) is 4.05. The number of anilines is 1. The van der Waals surface area contributed by atoms with Crippen molar-refractivity contribution < 1.29 is 9.53 Å². The maximum Gasteiger partial charge on any atom is 0.319 e. The summed E-state index contributed by atoms with van der Waals surface area (Å²) in [6.45, 7) is 0.461. The summed E-state index contributed by atoms with van der Waals surface area (Å²) in [7, 11) is 3.47. The predicted molar refractivity (Wildman–Crippen MR) is 105 cm³/mol. The predicted octanol–water partition coefficient (Wildman–Crippen LogP) is 4.18. The van der Waals surface area contributed by atoms with Crippen molar-refractivity contribution in [3.63, 3.8) is 0 Å². The van der Waals surface area contributed by atoms with Gasteiger partial charge >= 0.3 is 6.03 Å². The number of hydrogen-bond acceptors (Lipinski definition) is 3. The molecule has 0 fully saturated rings. The number of ether oxygens (including phenoxy) is 1. The Bertz CT molecular complexity index is 890. The summed E-state index contributed by atoms with van der Waals surface area (Å²) in [5.74, 6) is 0.699. The molecule has 0 atom stereocenters. The minimum Gasteiger partial charge on any atom is -0.496 e. The normalized spacial score (nSPS) is 10.4. The second kappa shape index (κ2) is 8.05. The number of nitrogens with zero attached hydrogens (tertiary/aromatic N) is 2. The van der Waals surface area contributed by atoms with Crippen molar-refractivity contribution in [2.45, 2.75) is 6.54 Å². The van der Waals surface area contributed by atoms with Crippen LogP contribution in [0.15, 0.2) is 59.2 Å². The van der Waals surface area contributed by atoms with Crippen LogP contribution in [0, 0.1) is 0 Å². The zero-order valence-corrected chi connectivity index (χ0v) is 16.1. The number of carbonyl (C=O) groups excluding carboxylic acids is 1. The highest BCUT2D eigenvalue weighted by molar-refractivity contribution is 9.10. The Morgan fingerprint density at radius 2 is 2.00 bits per heavy atom. The Morgan fingerprint density at radius 3 is 2.65 bits per heavy atom. The van der Waals surface area contributed by atoms with Gasteiger partial charge in [0, 0.05) is 24.8 Å². The molecule has 6 nitrogen and oxygen atoms in total. The van der Waals surface area contributed by atoms with E-state index >= 15 is 0 Å². The molecule has 0 aliphatic heterocycles. The Hall–Kier alpha value is -2.80. The molecule has 26 heavy (non-hydrogen) atoms. The molecule has 3 aromatic rings. The van der Waals surface area contributed by atoms with E-state index in [9.17, 15) is 4.79 Å². The molecule has 0 aliphatic carbocycles. The zero-order valence-electron chi connectivity index (χ0n) is 14.5. The molecule has 2 N–H and O–H groups in total. The lowest BCUT2D eigenvalue weighted by atomic mass is 10.1. The first-order valence-electron chi connectivity index (χ1n) is 8.03. The van der Waals surface area contributed by atoms with Crippen LogP contribution in [0.1, 0.15) is 5.56 Å². The van der Waals surface area contributed by atoms with Crippen LogP contribution in [0.3, 0.4) is 0 Å². The molecule has 7 heteroatoms. The fourth-order valence-electron chi connectivity index (χ4n) is 2.64. The molecule has 0 unspecified atom stereocenters. The van der Waals surface area contributed by atoms with Gasteiger partial charge in [0.15, 0.2) is 0 Å². The fourth-order valence-corrected chi connectivity index (χ4v) is 3.20. The van der Waals surface area contributed by atoms with Gasteiger partial charge in [0.2, 0.25) is 0 Å². The van der Waals surface area contributed by atoms with E-state index in [2.05, 4.69) is 31.7 Å². The summed E-state index contributed by atoms with van der Waals surface area (Å²) in [4.78, 5) is 12.2. The molecule has 0 aliphatic rings. The largest absolute Gasteiger partial charge is 0.496 e. The van der Waals surface area contributed by atoms with Crippen LogP contribution >= 0.6 is 15.9 Å². The molecule has 1 heterocycles. The fraction of sp³-hybridized carbons (Fsp3) is 0.158. The number of benzene rings is 2. The lowest BCUT2D eigenvalue weighted by Crippen LogP contribution is -2.28. The van der Waals surface area contributed by atoms with Gasteiger partial charge in [-0.05, 0) is 39.7 Å². The molecule has 1 aromatic heterocycles. The minimum atomic E-state index is -0.269. The van der Waals surface area contributed by atoms with Gasteiger partial charge in [-0.1, -0.05) is 30.3 Å². The van der Waals surface area contributed by atoms with Crippen molar-refractivity contribution in [3.05, 3.63) is 64.8 Å². The molecule has 2 aromatic carbocycles. The number of halogens is 1. The van der Waals surface area contributed by atoms with Crippen LogP contribution < -0.4 is 15.4 Å². The zero-order chi connectivity index (χ0) is 18.5. The molecular formula is C19H19BrN4O2. The van der Waals surface area contributed by atoms with Crippen LogP contribution in [0.2, 0.25) is 0 Å². The average Bonchev–Trinajstić information content (AvgIpc) is 2.99. The first-order chi connectivity index (χ1) is 12.6. The van der Waals surface area contributed by atoms with E-state index < -0.39 is 0 Å². The van der Waals surface area contributed by atoms with E-state index in [0.717, 1.165) is 21.3 Å². The SMILES string of the molecule is COc1ccc(NC(=O)NCc2ccccc2)cc1-c1c(Br)cnn1C. The van der Waals surface area contributed by atoms with Crippen molar-refractivity contribution in [2.24, 2.45) is 7.05 Å². The second-order valence-electron chi connectivity index (χ2n) is 5.67. The van der Waals surface area contributed by atoms with Gasteiger partial charge in [-0.25, -0.2) is 4.79 Å². The molecule has 134 valence electrons. The summed E-state index contributed by atoms with van der Waals surface area (Å²) in [6, 6.07) is 15.0. The average molecular weight is 415 g/mol. The van der Waals surface area contributed by atoms with Crippen molar-refractivity contribution in [3.8, 4) is 17.0 Å². The van der Waals surface area contributed by atoms with Gasteiger partial charge < -0.3 is 15.4 Å². The van der Waals surface area contributed by atoms with E-state index in [-0.39, 0.29) is 6.03 Å². The minimum absolute atomic E-state index is 0.269. The lowest BCUT2D eigenvalue weighted by molar-refractivity contribution is 0.251. The topological polar surface area (TPSA) is 68.2 Å². The molecular weight excluding hydrogens is 396 g/mol. The number of aryl methyl sites for hydroxylation is 1. The van der Waals surface area contributed by atoms with Crippen molar-refractivity contribution in [2.75, 3.05) is 12.4 Å². The highest BCUT2D eigenvalue weighted by atomic mass is 79.9. The lowest BCUT2D eigenvalue weighted by Gasteiger charge is -2.13. The number of methoxy groups -OCH3 is 1. The summed E-state index contributed by atoms with van der Waals surface area (Å²) in [6.07, 6.45) is 1.72. The molecule has 3 rings (SSSR count). The van der Waals surface area contributed by atoms with Crippen molar-refractivity contribution >= 4 is 27.6 Å². The number of nitrogens with one attached hydrogen (secondary N) is 2. The summed E-state index contributed by atoms with van der Waals surface area (Å²) >= 11 is 3.50. The second-order valence-corrected chi connectivity index (χ2v) is 6.53. The van der Waals surface area contributed by atoms with Crippen LogP contribution in [-0.2, 0) is 13.6 Å². The van der Waals surface area contributed by atoms with E-state index in [4.69, 9.17) is 4.74 Å². The monoisotopic (exact) mass is 414 g/mol. The highest BCUT2D eigenvalue weighted by Gasteiger charge is 2.15. The highest BCUT2D eigenvalue weighted by Crippen LogP contribution is 2.36. The van der Waals surface area contributed by atoms with E-state index in [0.29, 0.717) is 18.0 Å². The maximum atomic E-state index is 12.2. The van der Waals surface area contributed by atoms with Gasteiger partial charge in [-0.15, -0.1) is 0 Å². The standard InChI is InChI=1S/C19H19BrN4O2/c1-24-18(16(20)12-22-24)15-10-14(8-9-17(15)26-2)23-19(25)21-11-13-6-4-3-5-7-13/h3-10,12H,11H2,1-2H3,(H2,21,23,25). The number of urea groups is 1. The number of amides is 2. The van der Waals surface area contributed by atoms with Crippen LogP contribution in [-0.4, -0.2) is 22.9 Å². The quantitative estimate of drug-likeness (QED) is 0.657. The molecule has 0 spiro atoms. The third-order valence-electron chi connectivity index (χ3n) is 3.90.